The van der Waals surface area contributed by atoms with Gasteiger partial charge in [0.25, 0.3) is 0 Å². The zero-order valence-corrected chi connectivity index (χ0v) is 25.7. The van der Waals surface area contributed by atoms with Crippen LogP contribution < -0.4 is 15.7 Å². The fraction of sp³-hybridized carbons (Fsp3) is 0.786. The molecule has 0 aliphatic carbocycles. The van der Waals surface area contributed by atoms with Gasteiger partial charge >= 0.3 is 13.2 Å². The highest BCUT2D eigenvalue weighted by molar-refractivity contribution is 6.61. The monoisotopic (exact) mass is 545 g/mol. The molecule has 3 rings (SSSR count). The smallest absolute Gasteiger partial charge is 0.444 e. The lowest BCUT2D eigenvalue weighted by Gasteiger charge is -2.32. The summed E-state index contributed by atoms with van der Waals surface area (Å²) >= 11 is 0. The third-order valence-electron chi connectivity index (χ3n) is 7.72. The molecule has 218 valence electrons. The average molecular weight is 546 g/mol. The summed E-state index contributed by atoms with van der Waals surface area (Å²) in [6.07, 6.45) is 3.86. The molecule has 0 spiro atoms. The van der Waals surface area contributed by atoms with Crippen molar-refractivity contribution in [3.05, 3.63) is 12.4 Å². The zero-order valence-electron chi connectivity index (χ0n) is 25.7. The van der Waals surface area contributed by atoms with Crippen molar-refractivity contribution in [1.82, 2.24) is 20.2 Å². The van der Waals surface area contributed by atoms with Gasteiger partial charge in [0.05, 0.1) is 11.2 Å². The number of amides is 2. The van der Waals surface area contributed by atoms with Crippen LogP contribution in [-0.2, 0) is 18.8 Å². The van der Waals surface area contributed by atoms with Gasteiger partial charge in [-0.25, -0.2) is 14.8 Å². The van der Waals surface area contributed by atoms with Gasteiger partial charge in [-0.3, -0.25) is 4.79 Å². The summed E-state index contributed by atoms with van der Waals surface area (Å²) in [4.78, 5) is 39.1. The van der Waals surface area contributed by atoms with E-state index < -0.39 is 36.1 Å². The molecule has 10 nitrogen and oxygen atoms in total. The normalized spacial score (nSPS) is 21.4. The maximum atomic E-state index is 13.4. The molecule has 2 saturated heterocycles. The third kappa shape index (κ3) is 7.63. The van der Waals surface area contributed by atoms with Crippen LogP contribution in [0.4, 0.5) is 10.7 Å². The number of likely N-dealkylation sites (tertiary alicyclic amines) is 1. The van der Waals surface area contributed by atoms with Crippen LogP contribution in [0, 0.1) is 11.8 Å². The molecule has 1 aromatic heterocycles. The molecule has 2 amide bonds. The van der Waals surface area contributed by atoms with Crippen LogP contribution in [0.15, 0.2) is 12.4 Å². The summed E-state index contributed by atoms with van der Waals surface area (Å²) in [7, 11) is -0.505. The maximum absolute atomic E-state index is 13.4. The lowest BCUT2D eigenvalue weighted by Crippen LogP contribution is -2.51. The molecular formula is C28H48BN5O5. The van der Waals surface area contributed by atoms with Gasteiger partial charge in [-0.05, 0) is 80.6 Å². The first-order valence-electron chi connectivity index (χ1n) is 14.1. The minimum Gasteiger partial charge on any atom is -0.444 e. The molecule has 3 heterocycles. The van der Waals surface area contributed by atoms with E-state index >= 15 is 0 Å². The van der Waals surface area contributed by atoms with Crippen LogP contribution in [-0.4, -0.2) is 82.5 Å². The SMILES string of the molecule is CC(C)[C@H](NC(=O)OC(C)(C)C)C(=O)N1CC[C@H](CN(c2ncc(B3OC(C)(C)C(C)(C)O3)cn2)C(C)C)C1. The first-order chi connectivity index (χ1) is 17.9. The Bertz CT molecular complexity index is 993. The molecule has 39 heavy (non-hydrogen) atoms. The fourth-order valence-corrected chi connectivity index (χ4v) is 4.71. The van der Waals surface area contributed by atoms with Gasteiger partial charge in [-0.15, -0.1) is 0 Å². The van der Waals surface area contributed by atoms with Gasteiger partial charge < -0.3 is 29.2 Å². The van der Waals surface area contributed by atoms with Gasteiger partial charge in [0.15, 0.2) is 0 Å². The second kappa shape index (κ2) is 11.6. The lowest BCUT2D eigenvalue weighted by molar-refractivity contribution is -0.133. The van der Waals surface area contributed by atoms with Crippen molar-refractivity contribution in [2.24, 2.45) is 11.8 Å². The highest BCUT2D eigenvalue weighted by Gasteiger charge is 2.52. The Morgan fingerprint density at radius 1 is 1.13 bits per heavy atom. The van der Waals surface area contributed by atoms with Crippen LogP contribution in [0.3, 0.4) is 0 Å². The lowest BCUT2D eigenvalue weighted by atomic mass is 9.81. The summed E-state index contributed by atoms with van der Waals surface area (Å²) in [5.41, 5.74) is -0.694. The van der Waals surface area contributed by atoms with Crippen molar-refractivity contribution < 1.29 is 23.6 Å². The molecular weight excluding hydrogens is 497 g/mol. The van der Waals surface area contributed by atoms with Gasteiger partial charge in [0.2, 0.25) is 11.9 Å². The number of carbonyl (C=O) groups excluding carboxylic acids is 2. The summed E-state index contributed by atoms with van der Waals surface area (Å²) in [5, 5.41) is 2.78. The van der Waals surface area contributed by atoms with Gasteiger partial charge in [0, 0.05) is 43.5 Å². The van der Waals surface area contributed by atoms with Crippen LogP contribution in [0.2, 0.25) is 0 Å². The highest BCUT2D eigenvalue weighted by atomic mass is 16.7. The summed E-state index contributed by atoms with van der Waals surface area (Å²) in [6, 6.07) is -0.458. The van der Waals surface area contributed by atoms with Crippen molar-refractivity contribution >= 4 is 30.5 Å². The fourth-order valence-electron chi connectivity index (χ4n) is 4.71. The number of anilines is 1. The molecule has 2 atom stereocenters. The van der Waals surface area contributed by atoms with E-state index in [0.717, 1.165) is 18.4 Å². The zero-order chi connectivity index (χ0) is 29.3. The van der Waals surface area contributed by atoms with Crippen LogP contribution in [0.5, 0.6) is 0 Å². The average Bonchev–Trinajstić information content (AvgIpc) is 3.35. The molecule has 0 aromatic carbocycles. The molecule has 2 aliphatic rings. The molecule has 0 bridgehead atoms. The Morgan fingerprint density at radius 2 is 1.69 bits per heavy atom. The minimum absolute atomic E-state index is 0.0628. The van der Waals surface area contributed by atoms with E-state index in [9.17, 15) is 9.59 Å². The van der Waals surface area contributed by atoms with Crippen molar-refractivity contribution in [3.63, 3.8) is 0 Å². The number of carbonyl (C=O) groups is 2. The van der Waals surface area contributed by atoms with Crippen molar-refractivity contribution in [3.8, 4) is 0 Å². The largest absolute Gasteiger partial charge is 0.498 e. The predicted octanol–water partition coefficient (Wildman–Crippen LogP) is 3.39. The molecule has 1 aromatic rings. The summed E-state index contributed by atoms with van der Waals surface area (Å²) in [5.74, 6) is 0.767. The Morgan fingerprint density at radius 3 is 2.18 bits per heavy atom. The van der Waals surface area contributed by atoms with Gasteiger partial charge in [-0.2, -0.15) is 0 Å². The summed E-state index contributed by atoms with van der Waals surface area (Å²) < 4.78 is 17.7. The van der Waals surface area contributed by atoms with E-state index in [4.69, 9.17) is 14.0 Å². The number of nitrogens with one attached hydrogen (secondary N) is 1. The number of alkyl carbamates (subject to hydrolysis) is 1. The molecule has 2 fully saturated rings. The van der Waals surface area contributed by atoms with E-state index in [1.165, 1.54) is 0 Å². The second-order valence-corrected chi connectivity index (χ2v) is 13.5. The van der Waals surface area contributed by atoms with Crippen LogP contribution in [0.25, 0.3) is 0 Å². The minimum atomic E-state index is -0.634. The standard InChI is InChI=1S/C28H48BN5O5/c1-18(2)22(32-25(36)37-26(5,6)7)23(35)33-13-12-20(16-33)17-34(19(3)4)24-30-14-21(15-31-24)29-38-27(8,9)28(10,11)39-29/h14-15,18-20,22H,12-13,16-17H2,1-11H3,(H,32,36)/t20-,22-/m0/s1. The van der Waals surface area contributed by atoms with E-state index in [1.807, 2.05) is 46.4 Å². The Balaban J connectivity index is 1.63. The van der Waals surface area contributed by atoms with Crippen LogP contribution >= 0.6 is 0 Å². The Kier molecular flexibility index (Phi) is 9.27. The number of ether oxygens (including phenoxy) is 1. The van der Waals surface area contributed by atoms with Gasteiger partial charge in [0.1, 0.15) is 11.6 Å². The van der Waals surface area contributed by atoms with Crippen molar-refractivity contribution in [2.75, 3.05) is 24.5 Å². The molecule has 0 unspecified atom stereocenters. The van der Waals surface area contributed by atoms with Crippen molar-refractivity contribution in [1.29, 1.82) is 0 Å². The second-order valence-electron chi connectivity index (χ2n) is 13.5. The number of aromatic nitrogens is 2. The molecule has 1 N–H and O–H groups in total. The predicted molar refractivity (Wildman–Crippen MR) is 153 cm³/mol. The molecule has 0 saturated carbocycles. The molecule has 0 radical (unpaired) electrons. The number of rotatable bonds is 8. The number of nitrogens with zero attached hydrogens (tertiary/aromatic N) is 4. The quantitative estimate of drug-likeness (QED) is 0.496. The number of hydrogen-bond acceptors (Lipinski definition) is 8. The van der Waals surface area contributed by atoms with Crippen molar-refractivity contribution in [2.45, 2.75) is 111 Å². The topological polar surface area (TPSA) is 106 Å². The third-order valence-corrected chi connectivity index (χ3v) is 7.72. The highest BCUT2D eigenvalue weighted by Crippen LogP contribution is 2.36. The summed E-state index contributed by atoms with van der Waals surface area (Å²) in [6.45, 7) is 23.6. The maximum Gasteiger partial charge on any atom is 0.498 e. The molecule has 2 aliphatic heterocycles. The van der Waals surface area contributed by atoms with E-state index in [-0.39, 0.29) is 23.8 Å². The first kappa shape index (κ1) is 31.1. The molecule has 11 heteroatoms. The van der Waals surface area contributed by atoms with Gasteiger partial charge in [-0.1, -0.05) is 13.8 Å². The van der Waals surface area contributed by atoms with E-state index in [2.05, 4.69) is 34.0 Å². The van der Waals surface area contributed by atoms with E-state index in [1.54, 1.807) is 33.2 Å². The Labute approximate surface area is 234 Å². The number of hydrogen-bond donors (Lipinski definition) is 1. The van der Waals surface area contributed by atoms with E-state index in [0.29, 0.717) is 19.0 Å². The Hall–Kier alpha value is -2.40. The van der Waals surface area contributed by atoms with Crippen LogP contribution in [0.1, 0.15) is 82.6 Å². The first-order valence-corrected chi connectivity index (χ1v) is 14.1.